The van der Waals surface area contributed by atoms with E-state index in [9.17, 15) is 13.2 Å². The maximum Gasteiger partial charge on any atom is 0.266 e. The number of piperidine rings is 1. The molecule has 7 nitrogen and oxygen atoms in total. The molecule has 0 bridgehead atoms. The monoisotopic (exact) mass is 494 g/mol. The molecule has 0 N–H and O–H groups in total. The molecule has 1 amide bonds. The van der Waals surface area contributed by atoms with Gasteiger partial charge in [0.25, 0.3) is 15.9 Å². The van der Waals surface area contributed by atoms with Gasteiger partial charge in [-0.25, -0.2) is 8.42 Å². The van der Waals surface area contributed by atoms with Gasteiger partial charge in [-0.1, -0.05) is 22.0 Å². The molecule has 1 aliphatic heterocycles. The predicted octanol–water partition coefficient (Wildman–Crippen LogP) is 3.91. The molecule has 1 fully saturated rings. The van der Waals surface area contributed by atoms with E-state index in [-0.39, 0.29) is 10.8 Å². The summed E-state index contributed by atoms with van der Waals surface area (Å²) in [7, 11) is -2.49. The molecule has 152 valence electrons. The number of benzene rings is 2. The number of hydrogen-bond acceptors (Lipinski definition) is 6. The van der Waals surface area contributed by atoms with Crippen molar-refractivity contribution in [2.24, 2.45) is 0 Å². The smallest absolute Gasteiger partial charge is 0.266 e. The number of sulfonamides is 1. The molecule has 0 saturated carbocycles. The zero-order valence-electron chi connectivity index (χ0n) is 15.7. The van der Waals surface area contributed by atoms with Crippen LogP contribution in [-0.4, -0.2) is 48.1 Å². The second-order valence-corrected chi connectivity index (χ2v) is 10.3. The third kappa shape index (κ3) is 3.76. The summed E-state index contributed by atoms with van der Waals surface area (Å²) in [6.45, 7) is 1.38. The molecule has 0 atom stereocenters. The minimum Gasteiger partial charge on any atom is -0.339 e. The molecule has 0 radical (unpaired) electrons. The second-order valence-electron chi connectivity index (χ2n) is 6.87. The first-order valence-electron chi connectivity index (χ1n) is 9.18. The largest absolute Gasteiger partial charge is 0.339 e. The van der Waals surface area contributed by atoms with Crippen molar-refractivity contribution in [2.45, 2.75) is 24.2 Å². The van der Waals surface area contributed by atoms with Gasteiger partial charge in [0.1, 0.15) is 15.9 Å². The molecule has 2 heterocycles. The minimum absolute atomic E-state index is 0.0718. The summed E-state index contributed by atoms with van der Waals surface area (Å²) in [6.07, 6.45) is 3.03. The number of aromatic nitrogens is 2. The Balaban J connectivity index is 1.78. The number of fused-ring (bicyclic) bond motifs is 1. The van der Waals surface area contributed by atoms with E-state index < -0.39 is 10.0 Å². The standard InChI is InChI=1S/C19H19BrN4O3S2/c1-23(29(26,27)17-7-5-6-15-18(17)22-28-21-15)16-12-13(20)8-9-14(16)19(25)24-10-3-2-4-11-24/h5-9,12H,2-4,10-11H2,1H3. The lowest BCUT2D eigenvalue weighted by Crippen LogP contribution is -2.37. The Morgan fingerprint density at radius 2 is 1.90 bits per heavy atom. The number of rotatable bonds is 4. The van der Waals surface area contributed by atoms with Gasteiger partial charge in [-0.05, 0) is 49.6 Å². The average Bonchev–Trinajstić information content (AvgIpc) is 3.22. The van der Waals surface area contributed by atoms with Gasteiger partial charge in [-0.2, -0.15) is 8.75 Å². The maximum absolute atomic E-state index is 13.4. The van der Waals surface area contributed by atoms with Crippen molar-refractivity contribution in [3.8, 4) is 0 Å². The summed E-state index contributed by atoms with van der Waals surface area (Å²) in [5.74, 6) is -0.150. The molecular formula is C19H19BrN4O3S2. The molecule has 3 aromatic rings. The van der Waals surface area contributed by atoms with Gasteiger partial charge in [-0.3, -0.25) is 9.10 Å². The van der Waals surface area contributed by atoms with Crippen molar-refractivity contribution in [1.82, 2.24) is 13.6 Å². The molecule has 2 aromatic carbocycles. The van der Waals surface area contributed by atoms with Crippen LogP contribution < -0.4 is 4.31 Å². The summed E-state index contributed by atoms with van der Waals surface area (Å²) >= 11 is 4.37. The Labute approximate surface area is 181 Å². The maximum atomic E-state index is 13.4. The van der Waals surface area contributed by atoms with Crippen molar-refractivity contribution in [3.63, 3.8) is 0 Å². The van der Waals surface area contributed by atoms with Crippen molar-refractivity contribution < 1.29 is 13.2 Å². The number of amides is 1. The van der Waals surface area contributed by atoms with Crippen LogP contribution in [0.5, 0.6) is 0 Å². The van der Waals surface area contributed by atoms with Crippen molar-refractivity contribution >= 4 is 60.3 Å². The third-order valence-corrected chi connectivity index (χ3v) is 7.90. The van der Waals surface area contributed by atoms with E-state index >= 15 is 0 Å². The van der Waals surface area contributed by atoms with E-state index in [1.54, 1.807) is 35.2 Å². The summed E-state index contributed by atoms with van der Waals surface area (Å²) in [5, 5.41) is 0. The minimum atomic E-state index is -3.95. The summed E-state index contributed by atoms with van der Waals surface area (Å²) in [4.78, 5) is 15.0. The van der Waals surface area contributed by atoms with Crippen LogP contribution in [0.3, 0.4) is 0 Å². The molecule has 1 saturated heterocycles. The van der Waals surface area contributed by atoms with Gasteiger partial charge in [0.05, 0.1) is 23.0 Å². The zero-order valence-corrected chi connectivity index (χ0v) is 18.9. The fourth-order valence-electron chi connectivity index (χ4n) is 3.48. The van der Waals surface area contributed by atoms with E-state index in [1.165, 1.54) is 13.1 Å². The van der Waals surface area contributed by atoms with Gasteiger partial charge >= 0.3 is 0 Å². The Kier molecular flexibility index (Phi) is 5.58. The molecule has 0 aliphatic carbocycles. The van der Waals surface area contributed by atoms with Crippen molar-refractivity contribution in [2.75, 3.05) is 24.4 Å². The Bertz CT molecular complexity index is 1170. The first-order chi connectivity index (χ1) is 13.9. The Morgan fingerprint density at radius 3 is 2.66 bits per heavy atom. The number of carbonyl (C=O) groups is 1. The van der Waals surface area contributed by atoms with Gasteiger partial charge in [0.2, 0.25) is 0 Å². The SMILES string of the molecule is CN(c1cc(Br)ccc1C(=O)N1CCCCC1)S(=O)(=O)c1cccc2nsnc12. The number of halogens is 1. The molecule has 10 heteroatoms. The van der Waals surface area contributed by atoms with Crippen LogP contribution in [0.15, 0.2) is 45.8 Å². The topological polar surface area (TPSA) is 83.5 Å². The van der Waals surface area contributed by atoms with Crippen LogP contribution in [0.1, 0.15) is 29.6 Å². The highest BCUT2D eigenvalue weighted by Gasteiger charge is 2.29. The molecular weight excluding hydrogens is 476 g/mol. The summed E-state index contributed by atoms with van der Waals surface area (Å²) in [6, 6.07) is 9.97. The lowest BCUT2D eigenvalue weighted by atomic mass is 10.1. The van der Waals surface area contributed by atoms with E-state index in [1.807, 2.05) is 0 Å². The van der Waals surface area contributed by atoms with E-state index in [2.05, 4.69) is 24.7 Å². The van der Waals surface area contributed by atoms with Crippen LogP contribution in [0, 0.1) is 0 Å². The van der Waals surface area contributed by atoms with Crippen molar-refractivity contribution in [1.29, 1.82) is 0 Å². The van der Waals surface area contributed by atoms with Gasteiger partial charge < -0.3 is 4.90 Å². The quantitative estimate of drug-likeness (QED) is 0.548. The van der Waals surface area contributed by atoms with E-state index in [0.29, 0.717) is 39.8 Å². The van der Waals surface area contributed by atoms with Gasteiger partial charge in [-0.15, -0.1) is 0 Å². The highest BCUT2D eigenvalue weighted by atomic mass is 79.9. The lowest BCUT2D eigenvalue weighted by molar-refractivity contribution is 0.0725. The zero-order chi connectivity index (χ0) is 20.6. The number of anilines is 1. The third-order valence-electron chi connectivity index (χ3n) is 5.06. The summed E-state index contributed by atoms with van der Waals surface area (Å²) in [5.41, 5.74) is 1.56. The summed E-state index contributed by atoms with van der Waals surface area (Å²) < 4.78 is 37.0. The highest BCUT2D eigenvalue weighted by molar-refractivity contribution is 9.10. The molecule has 1 aromatic heterocycles. The Hall–Kier alpha value is -2.04. The van der Waals surface area contributed by atoms with E-state index in [0.717, 1.165) is 35.3 Å². The van der Waals surface area contributed by atoms with Crippen molar-refractivity contribution in [3.05, 3.63) is 46.4 Å². The first kappa shape index (κ1) is 20.2. The number of hydrogen-bond donors (Lipinski definition) is 0. The fourth-order valence-corrected chi connectivity index (χ4v) is 5.79. The molecule has 0 unspecified atom stereocenters. The fraction of sp³-hybridized carbons (Fsp3) is 0.316. The predicted molar refractivity (Wildman–Crippen MR) is 117 cm³/mol. The van der Waals surface area contributed by atoms with Crippen LogP contribution >= 0.6 is 27.7 Å². The van der Waals surface area contributed by atoms with Crippen LogP contribution in [0.4, 0.5) is 5.69 Å². The molecule has 1 aliphatic rings. The van der Waals surface area contributed by atoms with Crippen LogP contribution in [-0.2, 0) is 10.0 Å². The van der Waals surface area contributed by atoms with E-state index in [4.69, 9.17) is 0 Å². The first-order valence-corrected chi connectivity index (χ1v) is 12.1. The molecule has 29 heavy (non-hydrogen) atoms. The number of likely N-dealkylation sites (tertiary alicyclic amines) is 1. The van der Waals surface area contributed by atoms with Gasteiger partial charge in [0.15, 0.2) is 0 Å². The van der Waals surface area contributed by atoms with Crippen LogP contribution in [0.25, 0.3) is 11.0 Å². The normalized spacial score (nSPS) is 14.9. The lowest BCUT2D eigenvalue weighted by Gasteiger charge is -2.29. The Morgan fingerprint density at radius 1 is 1.14 bits per heavy atom. The molecule has 4 rings (SSSR count). The number of nitrogens with zero attached hydrogens (tertiary/aromatic N) is 4. The average molecular weight is 495 g/mol. The second kappa shape index (κ2) is 8.00. The van der Waals surface area contributed by atoms with Gasteiger partial charge in [0, 0.05) is 24.6 Å². The highest BCUT2D eigenvalue weighted by Crippen LogP contribution is 2.32. The van der Waals surface area contributed by atoms with Crippen LogP contribution in [0.2, 0.25) is 0 Å². The molecule has 0 spiro atoms. The number of carbonyl (C=O) groups excluding carboxylic acids is 1.